The van der Waals surface area contributed by atoms with Gasteiger partial charge < -0.3 is 5.32 Å². The van der Waals surface area contributed by atoms with E-state index in [1.165, 1.54) is 18.9 Å². The molecule has 0 bridgehead atoms. The van der Waals surface area contributed by atoms with E-state index in [0.29, 0.717) is 12.6 Å². The van der Waals surface area contributed by atoms with Crippen LogP contribution in [0.1, 0.15) is 18.4 Å². The largest absolute Gasteiger partial charge is 0.310 e. The smallest absolute Gasteiger partial charge is 0.124 e. The van der Waals surface area contributed by atoms with Crippen LogP contribution in [0.15, 0.2) is 30.5 Å². The molecule has 0 aliphatic heterocycles. The minimum atomic E-state index is -0.187. The van der Waals surface area contributed by atoms with Gasteiger partial charge in [-0.2, -0.15) is 0 Å². The molecular weight excluding hydrogens is 203 g/mol. The third kappa shape index (κ3) is 1.91. The number of benzene rings is 1. The Morgan fingerprint density at radius 1 is 1.38 bits per heavy atom. The molecule has 0 radical (unpaired) electrons. The van der Waals surface area contributed by atoms with Crippen molar-refractivity contribution >= 4 is 10.9 Å². The number of halogens is 1. The van der Waals surface area contributed by atoms with Crippen LogP contribution >= 0.6 is 0 Å². The highest BCUT2D eigenvalue weighted by molar-refractivity contribution is 5.81. The predicted octanol–water partition coefficient (Wildman–Crippen LogP) is 2.63. The van der Waals surface area contributed by atoms with Crippen molar-refractivity contribution in [1.29, 1.82) is 0 Å². The van der Waals surface area contributed by atoms with Crippen LogP contribution in [0.4, 0.5) is 4.39 Å². The summed E-state index contributed by atoms with van der Waals surface area (Å²) in [5.74, 6) is -0.187. The molecule has 1 saturated carbocycles. The summed E-state index contributed by atoms with van der Waals surface area (Å²) < 4.78 is 13.4. The summed E-state index contributed by atoms with van der Waals surface area (Å²) in [4.78, 5) is 4.31. The first-order valence-electron chi connectivity index (χ1n) is 5.59. The van der Waals surface area contributed by atoms with Crippen LogP contribution in [0.25, 0.3) is 10.9 Å². The topological polar surface area (TPSA) is 24.9 Å². The molecule has 0 amide bonds. The lowest BCUT2D eigenvalue weighted by Crippen LogP contribution is -2.15. The van der Waals surface area contributed by atoms with Crippen molar-refractivity contribution in [3.63, 3.8) is 0 Å². The van der Waals surface area contributed by atoms with Crippen LogP contribution in [0.3, 0.4) is 0 Å². The average Bonchev–Trinajstić information content (AvgIpc) is 3.09. The summed E-state index contributed by atoms with van der Waals surface area (Å²) >= 11 is 0. The van der Waals surface area contributed by atoms with Crippen LogP contribution < -0.4 is 5.32 Å². The van der Waals surface area contributed by atoms with E-state index in [0.717, 1.165) is 16.5 Å². The second kappa shape index (κ2) is 3.83. The van der Waals surface area contributed by atoms with Crippen molar-refractivity contribution in [3.05, 3.63) is 41.8 Å². The summed E-state index contributed by atoms with van der Waals surface area (Å²) in [7, 11) is 0. The molecule has 1 N–H and O–H groups in total. The summed E-state index contributed by atoms with van der Waals surface area (Å²) in [6.45, 7) is 0.704. The molecule has 16 heavy (non-hydrogen) atoms. The van der Waals surface area contributed by atoms with E-state index < -0.39 is 0 Å². The van der Waals surface area contributed by atoms with Gasteiger partial charge in [-0.3, -0.25) is 4.98 Å². The Labute approximate surface area is 93.5 Å². The Balaban J connectivity index is 1.99. The maximum atomic E-state index is 13.4. The number of aromatic nitrogens is 1. The van der Waals surface area contributed by atoms with Gasteiger partial charge >= 0.3 is 0 Å². The Bertz CT molecular complexity index is 520. The fourth-order valence-corrected chi connectivity index (χ4v) is 1.90. The maximum Gasteiger partial charge on any atom is 0.124 e. The van der Waals surface area contributed by atoms with Gasteiger partial charge in [0.05, 0.1) is 5.52 Å². The minimum absolute atomic E-state index is 0.187. The summed E-state index contributed by atoms with van der Waals surface area (Å²) in [6, 6.07) is 7.46. The fraction of sp³-hybridized carbons (Fsp3) is 0.308. The number of rotatable bonds is 3. The molecule has 1 aliphatic rings. The molecule has 3 heteroatoms. The third-order valence-electron chi connectivity index (χ3n) is 2.91. The molecule has 0 atom stereocenters. The van der Waals surface area contributed by atoms with Crippen LogP contribution in [0.5, 0.6) is 0 Å². The molecule has 0 saturated heterocycles. The third-order valence-corrected chi connectivity index (χ3v) is 2.91. The van der Waals surface area contributed by atoms with Crippen molar-refractivity contribution in [1.82, 2.24) is 10.3 Å². The molecule has 1 heterocycles. The highest BCUT2D eigenvalue weighted by Gasteiger charge is 2.20. The number of nitrogens with zero attached hydrogens (tertiary/aromatic N) is 1. The molecule has 1 aromatic heterocycles. The molecule has 82 valence electrons. The molecule has 0 unspecified atom stereocenters. The number of hydrogen-bond donors (Lipinski definition) is 1. The number of hydrogen-bond acceptors (Lipinski definition) is 2. The Morgan fingerprint density at radius 2 is 2.25 bits per heavy atom. The zero-order valence-electron chi connectivity index (χ0n) is 8.91. The van der Waals surface area contributed by atoms with E-state index in [9.17, 15) is 4.39 Å². The van der Waals surface area contributed by atoms with E-state index in [4.69, 9.17) is 0 Å². The fourth-order valence-electron chi connectivity index (χ4n) is 1.90. The van der Waals surface area contributed by atoms with Gasteiger partial charge in [0.1, 0.15) is 5.82 Å². The summed E-state index contributed by atoms with van der Waals surface area (Å²) in [5.41, 5.74) is 1.85. The second-order valence-electron chi connectivity index (χ2n) is 4.30. The SMILES string of the molecule is Fc1cc(CNC2CC2)c2ncccc2c1. The van der Waals surface area contributed by atoms with Gasteiger partial charge in [-0.05, 0) is 36.6 Å². The quantitative estimate of drug-likeness (QED) is 0.853. The summed E-state index contributed by atoms with van der Waals surface area (Å²) in [5, 5.41) is 4.26. The van der Waals surface area contributed by atoms with Gasteiger partial charge in [0.2, 0.25) is 0 Å². The predicted molar refractivity (Wildman–Crippen MR) is 61.6 cm³/mol. The molecule has 2 aromatic rings. The van der Waals surface area contributed by atoms with E-state index in [-0.39, 0.29) is 5.82 Å². The molecule has 1 aromatic carbocycles. The van der Waals surface area contributed by atoms with Crippen LogP contribution in [-0.2, 0) is 6.54 Å². The van der Waals surface area contributed by atoms with Gasteiger partial charge in [-0.1, -0.05) is 6.07 Å². The zero-order chi connectivity index (χ0) is 11.0. The van der Waals surface area contributed by atoms with E-state index in [1.54, 1.807) is 12.3 Å². The lowest BCUT2D eigenvalue weighted by molar-refractivity contribution is 0.622. The monoisotopic (exact) mass is 216 g/mol. The standard InChI is InChI=1S/C13H13FN2/c14-11-6-9-2-1-5-15-13(9)10(7-11)8-16-12-3-4-12/h1-2,5-7,12,16H,3-4,8H2. The van der Waals surface area contributed by atoms with Gasteiger partial charge in [-0.15, -0.1) is 0 Å². The van der Waals surface area contributed by atoms with E-state index in [2.05, 4.69) is 10.3 Å². The number of nitrogens with one attached hydrogen (secondary N) is 1. The van der Waals surface area contributed by atoms with Crippen molar-refractivity contribution in [3.8, 4) is 0 Å². The minimum Gasteiger partial charge on any atom is -0.310 e. The first-order chi connectivity index (χ1) is 7.83. The Kier molecular flexibility index (Phi) is 2.33. The summed E-state index contributed by atoms with van der Waals surface area (Å²) in [6.07, 6.45) is 4.22. The highest BCUT2D eigenvalue weighted by Crippen LogP contribution is 2.22. The molecular formula is C13H13FN2. The lowest BCUT2D eigenvalue weighted by atomic mass is 10.1. The van der Waals surface area contributed by atoms with Crippen LogP contribution in [0, 0.1) is 5.82 Å². The van der Waals surface area contributed by atoms with Crippen molar-refractivity contribution in [2.45, 2.75) is 25.4 Å². The molecule has 0 spiro atoms. The number of fused-ring (bicyclic) bond motifs is 1. The molecule has 1 aliphatic carbocycles. The normalized spacial score (nSPS) is 15.6. The Hall–Kier alpha value is -1.48. The van der Waals surface area contributed by atoms with Gasteiger partial charge in [-0.25, -0.2) is 4.39 Å². The van der Waals surface area contributed by atoms with Crippen LogP contribution in [0.2, 0.25) is 0 Å². The first kappa shape index (κ1) is 9.73. The van der Waals surface area contributed by atoms with Gasteiger partial charge in [0.25, 0.3) is 0 Å². The van der Waals surface area contributed by atoms with Gasteiger partial charge in [0.15, 0.2) is 0 Å². The van der Waals surface area contributed by atoms with Gasteiger partial charge in [0, 0.05) is 24.2 Å². The molecule has 2 nitrogen and oxygen atoms in total. The van der Waals surface area contributed by atoms with Crippen molar-refractivity contribution < 1.29 is 4.39 Å². The lowest BCUT2D eigenvalue weighted by Gasteiger charge is -2.07. The molecule has 3 rings (SSSR count). The molecule has 1 fully saturated rings. The van der Waals surface area contributed by atoms with E-state index in [1.807, 2.05) is 12.1 Å². The Morgan fingerprint density at radius 3 is 3.06 bits per heavy atom. The maximum absolute atomic E-state index is 13.4. The average molecular weight is 216 g/mol. The van der Waals surface area contributed by atoms with Crippen molar-refractivity contribution in [2.75, 3.05) is 0 Å². The second-order valence-corrected chi connectivity index (χ2v) is 4.30. The zero-order valence-corrected chi connectivity index (χ0v) is 8.91. The number of pyridine rings is 1. The van der Waals surface area contributed by atoms with Crippen molar-refractivity contribution in [2.24, 2.45) is 0 Å². The first-order valence-corrected chi connectivity index (χ1v) is 5.59. The van der Waals surface area contributed by atoms with E-state index >= 15 is 0 Å². The van der Waals surface area contributed by atoms with Crippen LogP contribution in [-0.4, -0.2) is 11.0 Å². The highest BCUT2D eigenvalue weighted by atomic mass is 19.1.